The summed E-state index contributed by atoms with van der Waals surface area (Å²) in [5.74, 6) is -1.14. The van der Waals surface area contributed by atoms with Crippen LogP contribution in [0.15, 0.2) is 65.8 Å². The maximum Gasteiger partial charge on any atom is 0.308 e. The Bertz CT molecular complexity index is 872. The van der Waals surface area contributed by atoms with Crippen LogP contribution in [0.3, 0.4) is 0 Å². The molecule has 0 bridgehead atoms. The molecule has 0 spiro atoms. The number of allylic oxidation sites excluding steroid dienone is 2. The van der Waals surface area contributed by atoms with E-state index in [1.807, 2.05) is 30.3 Å². The Kier molecular flexibility index (Phi) is 10.1. The summed E-state index contributed by atoms with van der Waals surface area (Å²) in [6.45, 7) is 6.27. The molecular weight excluding hydrogens is 394 g/mol. The molecule has 0 N–H and O–H groups in total. The van der Waals surface area contributed by atoms with Crippen LogP contribution in [-0.2, 0) is 35.7 Å². The van der Waals surface area contributed by atoms with Gasteiger partial charge in [-0.25, -0.2) is 12.7 Å². The van der Waals surface area contributed by atoms with Crippen molar-refractivity contribution in [3.8, 4) is 0 Å². The van der Waals surface area contributed by atoms with Crippen molar-refractivity contribution in [3.63, 3.8) is 0 Å². The van der Waals surface area contributed by atoms with E-state index in [0.717, 1.165) is 21.4 Å². The summed E-state index contributed by atoms with van der Waals surface area (Å²) in [6.07, 6.45) is 5.82. The van der Waals surface area contributed by atoms with Crippen molar-refractivity contribution in [1.29, 1.82) is 0 Å². The number of ether oxygens (including phenoxy) is 2. The first kappa shape index (κ1) is 24.3. The van der Waals surface area contributed by atoms with Gasteiger partial charge in [-0.05, 0) is 31.6 Å². The summed E-state index contributed by atoms with van der Waals surface area (Å²) in [7, 11) is -4.07. The van der Waals surface area contributed by atoms with Crippen LogP contribution >= 0.6 is 0 Å². The third kappa shape index (κ3) is 8.89. The standard InChI is InChI=1S/C21H27NO6S/c1-5-21(28-19(4)24)13-15-29(25,26)22(18(3)23)17(2)10-9-14-27-16-20-11-7-6-8-12-20/h5-13,15,17H,14,16H2,1-4H3/b10-9-,15-13+,21-5-/t17-/m1/s1. The molecule has 1 aromatic carbocycles. The van der Waals surface area contributed by atoms with E-state index in [1.54, 1.807) is 26.0 Å². The van der Waals surface area contributed by atoms with Crippen molar-refractivity contribution in [2.24, 2.45) is 0 Å². The molecule has 0 radical (unpaired) electrons. The lowest BCUT2D eigenvalue weighted by molar-refractivity contribution is -0.136. The molecule has 0 aliphatic heterocycles. The summed E-state index contributed by atoms with van der Waals surface area (Å²) >= 11 is 0. The molecule has 0 heterocycles. The summed E-state index contributed by atoms with van der Waals surface area (Å²) in [5.41, 5.74) is 1.03. The zero-order valence-corrected chi connectivity index (χ0v) is 17.9. The van der Waals surface area contributed by atoms with Gasteiger partial charge in [0.25, 0.3) is 10.0 Å². The van der Waals surface area contributed by atoms with E-state index < -0.39 is 27.9 Å². The van der Waals surface area contributed by atoms with Crippen LogP contribution in [0.2, 0.25) is 0 Å². The first-order valence-corrected chi connectivity index (χ1v) is 10.5. The Balaban J connectivity index is 2.75. The third-order valence-electron chi connectivity index (χ3n) is 3.65. The van der Waals surface area contributed by atoms with E-state index >= 15 is 0 Å². The number of amides is 1. The quantitative estimate of drug-likeness (QED) is 0.189. The predicted octanol–water partition coefficient (Wildman–Crippen LogP) is 3.31. The topological polar surface area (TPSA) is 90.0 Å². The monoisotopic (exact) mass is 421 g/mol. The van der Waals surface area contributed by atoms with Crippen molar-refractivity contribution >= 4 is 21.9 Å². The Morgan fingerprint density at radius 3 is 2.38 bits per heavy atom. The molecule has 0 aliphatic rings. The highest BCUT2D eigenvalue weighted by Gasteiger charge is 2.26. The smallest absolute Gasteiger partial charge is 0.308 e. The average Bonchev–Trinajstić information content (AvgIpc) is 2.65. The molecule has 0 aromatic heterocycles. The molecule has 1 aromatic rings. The van der Waals surface area contributed by atoms with Gasteiger partial charge in [0.05, 0.1) is 24.7 Å². The molecule has 0 unspecified atom stereocenters. The maximum atomic E-state index is 12.6. The van der Waals surface area contributed by atoms with Gasteiger partial charge in [0.15, 0.2) is 0 Å². The Morgan fingerprint density at radius 2 is 1.83 bits per heavy atom. The number of benzene rings is 1. The SMILES string of the molecule is C/C=C(/C=C/S(=O)(=O)N(C(C)=O)[C@H](C)/C=C\COCc1ccccc1)OC(C)=O. The van der Waals surface area contributed by atoms with Gasteiger partial charge in [0.2, 0.25) is 5.91 Å². The van der Waals surface area contributed by atoms with Crippen LogP contribution in [-0.4, -0.2) is 37.2 Å². The lowest BCUT2D eigenvalue weighted by Crippen LogP contribution is -2.40. The predicted molar refractivity (Wildman–Crippen MR) is 111 cm³/mol. The van der Waals surface area contributed by atoms with Gasteiger partial charge in [0, 0.05) is 13.8 Å². The van der Waals surface area contributed by atoms with Crippen LogP contribution in [0, 0.1) is 0 Å². The third-order valence-corrected chi connectivity index (χ3v) is 5.26. The molecule has 158 valence electrons. The van der Waals surface area contributed by atoms with Gasteiger partial charge in [0.1, 0.15) is 5.76 Å². The number of carbonyl (C=O) groups excluding carboxylic acids is 2. The van der Waals surface area contributed by atoms with E-state index in [4.69, 9.17) is 9.47 Å². The molecule has 0 fully saturated rings. The van der Waals surface area contributed by atoms with Gasteiger partial charge >= 0.3 is 5.97 Å². The zero-order valence-electron chi connectivity index (χ0n) is 17.1. The molecule has 7 nitrogen and oxygen atoms in total. The van der Waals surface area contributed by atoms with Gasteiger partial charge in [-0.2, -0.15) is 0 Å². The Labute approximate surface area is 172 Å². The molecule has 1 rings (SSSR count). The fraction of sp³-hybridized carbons (Fsp3) is 0.333. The molecule has 8 heteroatoms. The molecule has 1 atom stereocenters. The normalized spacial score (nSPS) is 13.6. The second kappa shape index (κ2) is 12.0. The fourth-order valence-electron chi connectivity index (χ4n) is 2.42. The van der Waals surface area contributed by atoms with Crippen molar-refractivity contribution in [3.05, 3.63) is 71.4 Å². The summed E-state index contributed by atoms with van der Waals surface area (Å²) in [5, 5.41) is 0.836. The molecular formula is C21H27NO6S. The van der Waals surface area contributed by atoms with Crippen LogP contribution in [0.5, 0.6) is 0 Å². The number of nitrogens with zero attached hydrogens (tertiary/aromatic N) is 1. The van der Waals surface area contributed by atoms with Gasteiger partial charge in [-0.1, -0.05) is 42.5 Å². The second-order valence-corrected chi connectivity index (χ2v) is 7.81. The minimum Gasteiger partial charge on any atom is -0.427 e. The number of hydrogen-bond acceptors (Lipinski definition) is 6. The number of sulfonamides is 1. The van der Waals surface area contributed by atoms with Crippen molar-refractivity contribution in [1.82, 2.24) is 4.31 Å². The zero-order chi connectivity index (χ0) is 21.9. The molecule has 29 heavy (non-hydrogen) atoms. The van der Waals surface area contributed by atoms with Crippen LogP contribution in [0.1, 0.15) is 33.3 Å². The van der Waals surface area contributed by atoms with Gasteiger partial charge in [-0.15, -0.1) is 0 Å². The van der Waals surface area contributed by atoms with Crippen LogP contribution in [0.4, 0.5) is 0 Å². The first-order valence-electron chi connectivity index (χ1n) is 9.03. The Morgan fingerprint density at radius 1 is 1.17 bits per heavy atom. The second-order valence-electron chi connectivity index (χ2n) is 6.12. The van der Waals surface area contributed by atoms with E-state index in [1.165, 1.54) is 19.9 Å². The molecule has 1 amide bonds. The van der Waals surface area contributed by atoms with Crippen LogP contribution in [0.25, 0.3) is 0 Å². The summed E-state index contributed by atoms with van der Waals surface area (Å²) in [4.78, 5) is 23.0. The van der Waals surface area contributed by atoms with E-state index in [9.17, 15) is 18.0 Å². The van der Waals surface area contributed by atoms with Crippen LogP contribution < -0.4 is 0 Å². The highest BCUT2D eigenvalue weighted by atomic mass is 32.2. The highest BCUT2D eigenvalue weighted by Crippen LogP contribution is 2.13. The van der Waals surface area contributed by atoms with E-state index in [-0.39, 0.29) is 12.4 Å². The largest absolute Gasteiger partial charge is 0.427 e. The Hall–Kier alpha value is -2.71. The van der Waals surface area contributed by atoms with E-state index in [2.05, 4.69) is 0 Å². The average molecular weight is 422 g/mol. The minimum absolute atomic E-state index is 0.0714. The highest BCUT2D eigenvalue weighted by molar-refractivity contribution is 7.92. The number of hydrogen-bond donors (Lipinski definition) is 0. The first-order chi connectivity index (χ1) is 13.7. The minimum atomic E-state index is -4.07. The molecule has 0 saturated heterocycles. The van der Waals surface area contributed by atoms with Crippen molar-refractivity contribution in [2.75, 3.05) is 6.61 Å². The van der Waals surface area contributed by atoms with Gasteiger partial charge < -0.3 is 9.47 Å². The number of carbonyl (C=O) groups is 2. The number of esters is 1. The summed E-state index contributed by atoms with van der Waals surface area (Å²) in [6, 6.07) is 8.92. The van der Waals surface area contributed by atoms with Crippen molar-refractivity contribution < 1.29 is 27.5 Å². The number of rotatable bonds is 10. The molecule has 0 aliphatic carbocycles. The maximum absolute atomic E-state index is 12.6. The van der Waals surface area contributed by atoms with Crippen molar-refractivity contribution in [2.45, 2.75) is 40.3 Å². The summed E-state index contributed by atoms with van der Waals surface area (Å²) < 4.78 is 36.3. The lowest BCUT2D eigenvalue weighted by Gasteiger charge is -2.23. The molecule has 0 saturated carbocycles. The van der Waals surface area contributed by atoms with E-state index in [0.29, 0.717) is 6.61 Å². The lowest BCUT2D eigenvalue weighted by atomic mass is 10.2. The van der Waals surface area contributed by atoms with Gasteiger partial charge in [-0.3, -0.25) is 9.59 Å². The fourth-order valence-corrected chi connectivity index (χ4v) is 3.75.